The van der Waals surface area contributed by atoms with Crippen LogP contribution in [0.25, 0.3) is 0 Å². The van der Waals surface area contributed by atoms with Crippen LogP contribution < -0.4 is 14.8 Å². The van der Waals surface area contributed by atoms with Crippen LogP contribution in [0.15, 0.2) is 53.4 Å². The van der Waals surface area contributed by atoms with Crippen molar-refractivity contribution in [1.29, 1.82) is 0 Å². The maximum absolute atomic E-state index is 12.9. The number of morpholine rings is 1. The van der Waals surface area contributed by atoms with Crippen LogP contribution in [-0.2, 0) is 14.8 Å². The van der Waals surface area contributed by atoms with E-state index < -0.39 is 10.0 Å². The number of carbonyl (C=O) groups is 1. The number of hydrogen-bond donors (Lipinski definition) is 1. The molecule has 1 aliphatic rings. The summed E-state index contributed by atoms with van der Waals surface area (Å²) >= 11 is 0. The third-order valence-electron chi connectivity index (χ3n) is 4.93. The van der Waals surface area contributed by atoms with Crippen molar-refractivity contribution in [2.45, 2.75) is 37.9 Å². The highest BCUT2D eigenvalue weighted by Crippen LogP contribution is 2.21. The lowest BCUT2D eigenvalue weighted by Gasteiger charge is -2.34. The molecular formula is C23H30N2O6S. The molecule has 1 N–H and O–H groups in total. The second kappa shape index (κ2) is 10.8. The molecule has 2 aromatic rings. The second-order valence-electron chi connectivity index (χ2n) is 7.61. The second-order valence-corrected chi connectivity index (χ2v) is 9.55. The molecule has 0 aliphatic carbocycles. The number of ether oxygens (including phenoxy) is 3. The first-order chi connectivity index (χ1) is 15.3. The van der Waals surface area contributed by atoms with Gasteiger partial charge in [0.05, 0.1) is 30.3 Å². The average Bonchev–Trinajstić information content (AvgIpc) is 2.77. The van der Waals surface area contributed by atoms with Crippen LogP contribution in [0.2, 0.25) is 0 Å². The summed E-state index contributed by atoms with van der Waals surface area (Å²) in [5.41, 5.74) is 0.383. The maximum Gasteiger partial charge on any atom is 0.251 e. The summed E-state index contributed by atoms with van der Waals surface area (Å²) in [6.07, 6.45) is -0.327. The summed E-state index contributed by atoms with van der Waals surface area (Å²) in [6, 6.07) is 13.2. The summed E-state index contributed by atoms with van der Waals surface area (Å²) in [7, 11) is -3.64. The van der Waals surface area contributed by atoms with Crippen molar-refractivity contribution in [3.05, 3.63) is 54.1 Å². The SMILES string of the molecule is CCOc1ccc(OCCNC(=O)c2ccc(S(=O)(=O)N3C[C@@H](C)O[C@H](C)C3)cc2)cc1. The maximum atomic E-state index is 12.9. The Bertz CT molecular complexity index is 982. The average molecular weight is 463 g/mol. The summed E-state index contributed by atoms with van der Waals surface area (Å²) < 4.78 is 43.8. The van der Waals surface area contributed by atoms with Gasteiger partial charge < -0.3 is 19.5 Å². The molecule has 1 aliphatic heterocycles. The number of rotatable bonds is 9. The van der Waals surface area contributed by atoms with Crippen LogP contribution in [-0.4, -0.2) is 63.7 Å². The van der Waals surface area contributed by atoms with E-state index in [0.29, 0.717) is 44.2 Å². The molecular weight excluding hydrogens is 432 g/mol. The zero-order valence-electron chi connectivity index (χ0n) is 18.6. The van der Waals surface area contributed by atoms with E-state index in [1.807, 2.05) is 45.0 Å². The van der Waals surface area contributed by atoms with Crippen LogP contribution in [0.5, 0.6) is 11.5 Å². The Labute approximate surface area is 189 Å². The molecule has 0 bridgehead atoms. The number of amides is 1. The molecule has 2 aromatic carbocycles. The Balaban J connectivity index is 1.50. The van der Waals surface area contributed by atoms with Crippen molar-refractivity contribution < 1.29 is 27.4 Å². The highest BCUT2D eigenvalue weighted by atomic mass is 32.2. The number of hydrogen-bond acceptors (Lipinski definition) is 6. The molecule has 2 atom stereocenters. The molecule has 1 heterocycles. The van der Waals surface area contributed by atoms with Gasteiger partial charge in [-0.3, -0.25) is 4.79 Å². The van der Waals surface area contributed by atoms with Crippen molar-refractivity contribution in [3.63, 3.8) is 0 Å². The molecule has 1 saturated heterocycles. The molecule has 1 amide bonds. The topological polar surface area (TPSA) is 94.2 Å². The largest absolute Gasteiger partial charge is 0.494 e. The summed E-state index contributed by atoms with van der Waals surface area (Å²) in [5, 5.41) is 2.77. The van der Waals surface area contributed by atoms with Gasteiger partial charge in [0.25, 0.3) is 5.91 Å². The zero-order chi connectivity index (χ0) is 23.1. The standard InChI is InChI=1S/C23H30N2O6S/c1-4-29-20-7-9-21(10-8-20)30-14-13-24-23(26)19-5-11-22(12-6-19)32(27,28)25-15-17(2)31-18(3)16-25/h5-12,17-18H,4,13-16H2,1-3H3,(H,24,26)/t17-,18-/m1/s1. The molecule has 3 rings (SSSR count). The number of sulfonamides is 1. The molecule has 0 spiro atoms. The molecule has 0 radical (unpaired) electrons. The van der Waals surface area contributed by atoms with Crippen LogP contribution in [0.3, 0.4) is 0 Å². The van der Waals surface area contributed by atoms with Crippen LogP contribution in [0.1, 0.15) is 31.1 Å². The van der Waals surface area contributed by atoms with E-state index in [2.05, 4.69) is 5.32 Å². The van der Waals surface area contributed by atoms with Gasteiger partial charge in [0.1, 0.15) is 18.1 Å². The minimum atomic E-state index is -3.64. The molecule has 8 nitrogen and oxygen atoms in total. The molecule has 0 aromatic heterocycles. The Morgan fingerprint density at radius 1 is 1.00 bits per heavy atom. The molecule has 0 unspecified atom stereocenters. The minimum absolute atomic E-state index is 0.161. The summed E-state index contributed by atoms with van der Waals surface area (Å²) in [4.78, 5) is 12.5. The van der Waals surface area contributed by atoms with E-state index in [1.165, 1.54) is 28.6 Å². The van der Waals surface area contributed by atoms with Gasteiger partial charge in [0, 0.05) is 18.7 Å². The van der Waals surface area contributed by atoms with Gasteiger partial charge in [-0.2, -0.15) is 4.31 Å². The number of carbonyl (C=O) groups excluding carboxylic acids is 1. The lowest BCUT2D eigenvalue weighted by Crippen LogP contribution is -2.48. The van der Waals surface area contributed by atoms with Gasteiger partial charge in [-0.05, 0) is 69.3 Å². The van der Waals surface area contributed by atoms with E-state index in [9.17, 15) is 13.2 Å². The lowest BCUT2D eigenvalue weighted by molar-refractivity contribution is -0.0440. The highest BCUT2D eigenvalue weighted by molar-refractivity contribution is 7.89. The Morgan fingerprint density at radius 2 is 1.56 bits per heavy atom. The Hall–Kier alpha value is -2.62. The van der Waals surface area contributed by atoms with Crippen LogP contribution in [0.4, 0.5) is 0 Å². The van der Waals surface area contributed by atoms with Crippen molar-refractivity contribution in [3.8, 4) is 11.5 Å². The van der Waals surface area contributed by atoms with Crippen molar-refractivity contribution >= 4 is 15.9 Å². The minimum Gasteiger partial charge on any atom is -0.494 e. The first kappa shape index (κ1) is 24.0. The van der Waals surface area contributed by atoms with E-state index in [1.54, 1.807) is 0 Å². The Kier molecular flexibility index (Phi) is 8.11. The predicted octanol–water partition coefficient (Wildman–Crippen LogP) is 2.69. The van der Waals surface area contributed by atoms with E-state index in [-0.39, 0.29) is 23.0 Å². The molecule has 174 valence electrons. The number of nitrogens with one attached hydrogen (secondary N) is 1. The third kappa shape index (κ3) is 6.21. The van der Waals surface area contributed by atoms with E-state index >= 15 is 0 Å². The van der Waals surface area contributed by atoms with Gasteiger partial charge in [-0.15, -0.1) is 0 Å². The Morgan fingerprint density at radius 3 is 2.12 bits per heavy atom. The van der Waals surface area contributed by atoms with Gasteiger partial charge in [0.15, 0.2) is 0 Å². The third-order valence-corrected chi connectivity index (χ3v) is 6.78. The molecule has 32 heavy (non-hydrogen) atoms. The summed E-state index contributed by atoms with van der Waals surface area (Å²) in [6.45, 7) is 7.47. The summed E-state index contributed by atoms with van der Waals surface area (Å²) in [5.74, 6) is 1.16. The van der Waals surface area contributed by atoms with Crippen molar-refractivity contribution in [2.75, 3.05) is 32.8 Å². The number of nitrogens with zero attached hydrogens (tertiary/aromatic N) is 1. The zero-order valence-corrected chi connectivity index (χ0v) is 19.4. The van der Waals surface area contributed by atoms with Crippen LogP contribution >= 0.6 is 0 Å². The van der Waals surface area contributed by atoms with E-state index in [0.717, 1.165) is 5.75 Å². The number of benzene rings is 2. The smallest absolute Gasteiger partial charge is 0.251 e. The molecule has 0 saturated carbocycles. The fourth-order valence-electron chi connectivity index (χ4n) is 3.49. The fourth-order valence-corrected chi connectivity index (χ4v) is 5.08. The van der Waals surface area contributed by atoms with Gasteiger partial charge in [0.2, 0.25) is 10.0 Å². The van der Waals surface area contributed by atoms with Crippen molar-refractivity contribution in [1.82, 2.24) is 9.62 Å². The first-order valence-corrected chi connectivity index (χ1v) is 12.1. The van der Waals surface area contributed by atoms with Gasteiger partial charge >= 0.3 is 0 Å². The highest BCUT2D eigenvalue weighted by Gasteiger charge is 2.32. The first-order valence-electron chi connectivity index (χ1n) is 10.7. The van der Waals surface area contributed by atoms with Gasteiger partial charge in [-0.25, -0.2) is 8.42 Å². The quantitative estimate of drug-likeness (QED) is 0.576. The van der Waals surface area contributed by atoms with E-state index in [4.69, 9.17) is 14.2 Å². The van der Waals surface area contributed by atoms with Gasteiger partial charge in [-0.1, -0.05) is 0 Å². The molecule has 1 fully saturated rings. The molecule has 9 heteroatoms. The normalized spacial score (nSPS) is 19.3. The fraction of sp³-hybridized carbons (Fsp3) is 0.435. The monoisotopic (exact) mass is 462 g/mol. The lowest BCUT2D eigenvalue weighted by atomic mass is 10.2. The van der Waals surface area contributed by atoms with Crippen LogP contribution in [0, 0.1) is 0 Å². The van der Waals surface area contributed by atoms with Crippen molar-refractivity contribution in [2.24, 2.45) is 0 Å². The predicted molar refractivity (Wildman–Crippen MR) is 121 cm³/mol.